The van der Waals surface area contributed by atoms with Crippen molar-refractivity contribution in [3.8, 4) is 0 Å². The van der Waals surface area contributed by atoms with Gasteiger partial charge in [0, 0.05) is 70.3 Å². The van der Waals surface area contributed by atoms with Gasteiger partial charge in [0.15, 0.2) is 0 Å². The Morgan fingerprint density at radius 1 is 0.765 bits per heavy atom. The van der Waals surface area contributed by atoms with Crippen molar-refractivity contribution in [2.45, 2.75) is 12.7 Å². The van der Waals surface area contributed by atoms with Crippen molar-refractivity contribution in [2.24, 2.45) is 0 Å². The van der Waals surface area contributed by atoms with E-state index < -0.39 is 12.7 Å². The summed E-state index contributed by atoms with van der Waals surface area (Å²) < 4.78 is 37.5. The van der Waals surface area contributed by atoms with Crippen molar-refractivity contribution < 1.29 is 18.0 Å². The minimum absolute atomic E-state index is 0.147. The predicted octanol–water partition coefficient (Wildman–Crippen LogP) is 3.13. The number of anilines is 2. The quantitative estimate of drug-likeness (QED) is 0.667. The van der Waals surface area contributed by atoms with Crippen LogP contribution in [0.5, 0.6) is 0 Å². The van der Waals surface area contributed by atoms with Gasteiger partial charge in [0.25, 0.3) is 0 Å². The third kappa shape index (κ3) is 7.44. The smallest absolute Gasteiger partial charge is 0.369 e. The average molecular weight is 476 g/mol. The van der Waals surface area contributed by atoms with Gasteiger partial charge in [-0.1, -0.05) is 30.3 Å². The van der Waals surface area contributed by atoms with Gasteiger partial charge < -0.3 is 10.2 Å². The highest BCUT2D eigenvalue weighted by Crippen LogP contribution is 2.21. The van der Waals surface area contributed by atoms with Crippen LogP contribution >= 0.6 is 0 Å². The van der Waals surface area contributed by atoms with Crippen LogP contribution in [0.25, 0.3) is 0 Å². The minimum atomic E-state index is -4.18. The lowest BCUT2D eigenvalue weighted by Crippen LogP contribution is -2.50. The maximum atomic E-state index is 12.5. The summed E-state index contributed by atoms with van der Waals surface area (Å²) in [5.41, 5.74) is 3.20. The fourth-order valence-electron chi connectivity index (χ4n) is 4.52. The van der Waals surface area contributed by atoms with Gasteiger partial charge in [0.2, 0.25) is 5.91 Å². The first-order chi connectivity index (χ1) is 16.3. The van der Waals surface area contributed by atoms with Crippen molar-refractivity contribution in [3.63, 3.8) is 0 Å². The molecule has 1 amide bonds. The molecule has 0 saturated carbocycles. The van der Waals surface area contributed by atoms with E-state index in [2.05, 4.69) is 39.4 Å². The number of hydrogen-bond donors (Lipinski definition) is 1. The van der Waals surface area contributed by atoms with Gasteiger partial charge in [-0.15, -0.1) is 0 Å². The van der Waals surface area contributed by atoms with E-state index in [1.165, 1.54) is 10.5 Å². The van der Waals surface area contributed by atoms with E-state index in [1.54, 1.807) is 0 Å². The summed E-state index contributed by atoms with van der Waals surface area (Å²) in [4.78, 5) is 20.5. The van der Waals surface area contributed by atoms with E-state index in [0.29, 0.717) is 26.2 Å². The first-order valence-electron chi connectivity index (χ1n) is 11.8. The molecule has 6 nitrogen and oxygen atoms in total. The number of nitrogens with zero attached hydrogens (tertiary/aromatic N) is 4. The van der Waals surface area contributed by atoms with Crippen molar-refractivity contribution >= 4 is 17.3 Å². The summed E-state index contributed by atoms with van der Waals surface area (Å²) in [7, 11) is 0. The number of rotatable bonds is 7. The number of nitrogens with one attached hydrogen (secondary N) is 1. The molecule has 4 rings (SSSR count). The zero-order valence-corrected chi connectivity index (χ0v) is 19.3. The number of alkyl halides is 3. The van der Waals surface area contributed by atoms with Gasteiger partial charge >= 0.3 is 6.18 Å². The minimum Gasteiger partial charge on any atom is -0.369 e. The van der Waals surface area contributed by atoms with Gasteiger partial charge in [-0.2, -0.15) is 13.2 Å². The Morgan fingerprint density at radius 2 is 1.35 bits per heavy atom. The average Bonchev–Trinajstić information content (AvgIpc) is 2.81. The van der Waals surface area contributed by atoms with Crippen molar-refractivity contribution in [2.75, 3.05) is 75.7 Å². The van der Waals surface area contributed by atoms with E-state index in [4.69, 9.17) is 0 Å². The molecule has 9 heteroatoms. The van der Waals surface area contributed by atoms with E-state index in [9.17, 15) is 18.0 Å². The summed E-state index contributed by atoms with van der Waals surface area (Å²) in [5.74, 6) is -0.147. The molecule has 1 N–H and O–H groups in total. The molecule has 0 bridgehead atoms. The summed E-state index contributed by atoms with van der Waals surface area (Å²) in [6.45, 7) is 5.74. The summed E-state index contributed by atoms with van der Waals surface area (Å²) in [5, 5.41) is 2.90. The number of benzene rings is 2. The number of hydrogen-bond acceptors (Lipinski definition) is 5. The molecule has 2 aliphatic heterocycles. The molecule has 0 radical (unpaired) electrons. The van der Waals surface area contributed by atoms with Crippen LogP contribution in [0.4, 0.5) is 24.5 Å². The molecule has 0 aromatic heterocycles. The maximum Gasteiger partial charge on any atom is 0.401 e. The van der Waals surface area contributed by atoms with E-state index in [0.717, 1.165) is 44.1 Å². The first-order valence-corrected chi connectivity index (χ1v) is 11.8. The van der Waals surface area contributed by atoms with Crippen molar-refractivity contribution in [1.82, 2.24) is 14.7 Å². The summed E-state index contributed by atoms with van der Waals surface area (Å²) in [6, 6.07) is 18.4. The van der Waals surface area contributed by atoms with Crippen LogP contribution in [0.3, 0.4) is 0 Å². The Morgan fingerprint density at radius 3 is 1.97 bits per heavy atom. The highest BCUT2D eigenvalue weighted by molar-refractivity contribution is 5.92. The molecule has 0 atom stereocenters. The Labute approximate surface area is 198 Å². The zero-order valence-electron chi connectivity index (χ0n) is 19.3. The monoisotopic (exact) mass is 475 g/mol. The lowest BCUT2D eigenvalue weighted by atomic mass is 10.2. The SMILES string of the molecule is O=C(CN1CCN(CC(F)(F)F)CC1)Nc1ccc(N2CCN(Cc3ccccc3)CC2)cc1. The zero-order chi connectivity index (χ0) is 24.0. The number of carbonyl (C=O) groups excluding carboxylic acids is 1. The molecular formula is C25H32F3N5O. The highest BCUT2D eigenvalue weighted by Gasteiger charge is 2.32. The second kappa shape index (κ2) is 11.2. The Balaban J connectivity index is 1.18. The van der Waals surface area contributed by atoms with Gasteiger partial charge in [-0.05, 0) is 29.8 Å². The van der Waals surface area contributed by atoms with E-state index >= 15 is 0 Å². The summed E-state index contributed by atoms with van der Waals surface area (Å²) >= 11 is 0. The Kier molecular flexibility index (Phi) is 8.07. The third-order valence-corrected chi connectivity index (χ3v) is 6.37. The van der Waals surface area contributed by atoms with Crippen LogP contribution in [0.1, 0.15) is 5.56 Å². The van der Waals surface area contributed by atoms with E-state index in [1.807, 2.05) is 35.2 Å². The van der Waals surface area contributed by atoms with Crippen molar-refractivity contribution in [1.29, 1.82) is 0 Å². The van der Waals surface area contributed by atoms with Crippen LogP contribution in [0.2, 0.25) is 0 Å². The molecule has 184 valence electrons. The molecule has 2 fully saturated rings. The molecule has 2 aromatic rings. The first kappa shape index (κ1) is 24.5. The molecule has 0 unspecified atom stereocenters. The topological polar surface area (TPSA) is 42.1 Å². The van der Waals surface area contributed by atoms with Crippen LogP contribution < -0.4 is 10.2 Å². The van der Waals surface area contributed by atoms with Crippen LogP contribution in [-0.2, 0) is 11.3 Å². The molecule has 0 aliphatic carbocycles. The predicted molar refractivity (Wildman–Crippen MR) is 128 cm³/mol. The molecular weight excluding hydrogens is 443 g/mol. The van der Waals surface area contributed by atoms with Crippen molar-refractivity contribution in [3.05, 3.63) is 60.2 Å². The third-order valence-electron chi connectivity index (χ3n) is 6.37. The molecule has 34 heavy (non-hydrogen) atoms. The van der Waals surface area contributed by atoms with Gasteiger partial charge in [-0.3, -0.25) is 19.5 Å². The molecule has 2 aromatic carbocycles. The Bertz CT molecular complexity index is 906. The lowest BCUT2D eigenvalue weighted by Gasteiger charge is -2.36. The number of halogens is 3. The van der Waals surface area contributed by atoms with Crippen LogP contribution in [0.15, 0.2) is 54.6 Å². The van der Waals surface area contributed by atoms with Crippen LogP contribution in [-0.4, -0.2) is 92.2 Å². The standard InChI is InChI=1S/C25H32F3N5O/c26-25(27,28)20-32-12-10-31(11-13-32)19-24(34)29-22-6-8-23(9-7-22)33-16-14-30(15-17-33)18-21-4-2-1-3-5-21/h1-9H,10-20H2,(H,29,34). The lowest BCUT2D eigenvalue weighted by molar-refractivity contribution is -0.149. The molecule has 2 saturated heterocycles. The summed E-state index contributed by atoms with van der Waals surface area (Å²) in [6.07, 6.45) is -4.18. The Hall–Kier alpha value is -2.62. The molecule has 0 spiro atoms. The van der Waals surface area contributed by atoms with Gasteiger partial charge in [0.1, 0.15) is 0 Å². The number of amides is 1. The fraction of sp³-hybridized carbons (Fsp3) is 0.480. The molecule has 2 aliphatic rings. The van der Waals surface area contributed by atoms with Gasteiger partial charge in [-0.25, -0.2) is 0 Å². The normalized spacial score (nSPS) is 18.7. The molecule has 2 heterocycles. The largest absolute Gasteiger partial charge is 0.401 e. The second-order valence-electron chi connectivity index (χ2n) is 9.01. The number of carbonyl (C=O) groups is 1. The maximum absolute atomic E-state index is 12.5. The van der Waals surface area contributed by atoms with Gasteiger partial charge in [0.05, 0.1) is 13.1 Å². The number of piperazine rings is 2. The highest BCUT2D eigenvalue weighted by atomic mass is 19.4. The van der Waals surface area contributed by atoms with E-state index in [-0.39, 0.29) is 12.5 Å². The van der Waals surface area contributed by atoms with Crippen LogP contribution in [0, 0.1) is 0 Å². The fourth-order valence-corrected chi connectivity index (χ4v) is 4.52. The second-order valence-corrected chi connectivity index (χ2v) is 9.01.